The van der Waals surface area contributed by atoms with Gasteiger partial charge in [0, 0.05) is 6.42 Å². The van der Waals surface area contributed by atoms with E-state index in [4.69, 9.17) is 0 Å². The number of nitrogens with one attached hydrogen (secondary N) is 1. The highest BCUT2D eigenvalue weighted by atomic mass is 79.9. The summed E-state index contributed by atoms with van der Waals surface area (Å²) in [6, 6.07) is 13.0. The Labute approximate surface area is 130 Å². The van der Waals surface area contributed by atoms with Crippen LogP contribution in [0.3, 0.4) is 0 Å². The predicted molar refractivity (Wildman–Crippen MR) is 81.0 cm³/mol. The fourth-order valence-corrected chi connectivity index (χ4v) is 2.16. The second-order valence-electron chi connectivity index (χ2n) is 4.40. The minimum absolute atomic E-state index is 0.170. The van der Waals surface area contributed by atoms with Crippen molar-refractivity contribution in [3.8, 4) is 0 Å². The van der Waals surface area contributed by atoms with Gasteiger partial charge in [-0.25, -0.2) is 9.78 Å². The highest BCUT2D eigenvalue weighted by Crippen LogP contribution is 2.08. The molecule has 6 heteroatoms. The fraction of sp³-hybridized carbons (Fsp3) is 0.133. The zero-order valence-corrected chi connectivity index (χ0v) is 12.6. The average Bonchev–Trinajstić information content (AvgIpc) is 2.47. The number of carboxylic acid groups (broad SMARTS) is 1. The minimum atomic E-state index is -1.08. The van der Waals surface area contributed by atoms with Gasteiger partial charge in [-0.2, -0.15) is 0 Å². The first-order chi connectivity index (χ1) is 10.1. The Morgan fingerprint density at radius 1 is 1.14 bits per heavy atom. The van der Waals surface area contributed by atoms with Crippen LogP contribution in [-0.2, 0) is 11.2 Å². The van der Waals surface area contributed by atoms with Crippen LogP contribution in [0.5, 0.6) is 0 Å². The summed E-state index contributed by atoms with van der Waals surface area (Å²) < 4.78 is 0.519. The smallest absolute Gasteiger partial charge is 0.326 e. The van der Waals surface area contributed by atoms with E-state index in [9.17, 15) is 14.7 Å². The Bertz CT molecular complexity index is 646. The van der Waals surface area contributed by atoms with Gasteiger partial charge in [0.1, 0.15) is 16.3 Å². The molecule has 2 aromatic rings. The third kappa shape index (κ3) is 4.39. The molecule has 0 saturated heterocycles. The molecule has 2 N–H and O–H groups in total. The van der Waals surface area contributed by atoms with Crippen LogP contribution >= 0.6 is 15.9 Å². The number of halogens is 1. The van der Waals surface area contributed by atoms with Gasteiger partial charge in [-0.1, -0.05) is 36.4 Å². The van der Waals surface area contributed by atoms with Crippen LogP contribution in [0.15, 0.2) is 53.1 Å². The molecule has 0 saturated carbocycles. The molecule has 1 aromatic carbocycles. The van der Waals surface area contributed by atoms with Crippen molar-refractivity contribution in [2.45, 2.75) is 12.5 Å². The largest absolute Gasteiger partial charge is 0.480 e. The van der Waals surface area contributed by atoms with E-state index in [2.05, 4.69) is 26.2 Å². The molecule has 1 atom stereocenters. The van der Waals surface area contributed by atoms with Crippen LogP contribution in [0.4, 0.5) is 0 Å². The van der Waals surface area contributed by atoms with E-state index in [0.717, 1.165) is 5.56 Å². The van der Waals surface area contributed by atoms with Crippen molar-refractivity contribution in [1.29, 1.82) is 0 Å². The van der Waals surface area contributed by atoms with Gasteiger partial charge in [0.2, 0.25) is 0 Å². The number of aromatic nitrogens is 1. The van der Waals surface area contributed by atoms with E-state index in [1.165, 1.54) is 6.07 Å². The number of rotatable bonds is 5. The number of hydrogen-bond donors (Lipinski definition) is 2. The number of carbonyl (C=O) groups excluding carboxylic acids is 1. The normalized spacial score (nSPS) is 11.7. The minimum Gasteiger partial charge on any atom is -0.480 e. The van der Waals surface area contributed by atoms with E-state index in [1.54, 1.807) is 12.1 Å². The summed E-state index contributed by atoms with van der Waals surface area (Å²) in [4.78, 5) is 27.3. The van der Waals surface area contributed by atoms with E-state index in [0.29, 0.717) is 4.60 Å². The van der Waals surface area contributed by atoms with Crippen LogP contribution in [0.25, 0.3) is 0 Å². The standard InChI is InChI=1S/C15H13BrN2O3/c16-13-8-4-7-11(17-13)14(19)18-12(15(20)21)9-10-5-2-1-3-6-10/h1-8,12H,9H2,(H,18,19)(H,20,21). The van der Waals surface area contributed by atoms with Gasteiger partial charge in [0.25, 0.3) is 5.91 Å². The van der Waals surface area contributed by atoms with Crippen molar-refractivity contribution in [3.05, 3.63) is 64.4 Å². The zero-order chi connectivity index (χ0) is 15.2. The predicted octanol–water partition coefficient (Wildman–Crippen LogP) is 2.27. The first-order valence-corrected chi connectivity index (χ1v) is 7.05. The zero-order valence-electron chi connectivity index (χ0n) is 11.0. The lowest BCUT2D eigenvalue weighted by Crippen LogP contribution is -2.42. The van der Waals surface area contributed by atoms with Gasteiger partial charge in [-0.3, -0.25) is 4.79 Å². The quantitative estimate of drug-likeness (QED) is 0.812. The van der Waals surface area contributed by atoms with Crippen LogP contribution in [0, 0.1) is 0 Å². The van der Waals surface area contributed by atoms with Gasteiger partial charge in [0.05, 0.1) is 0 Å². The lowest BCUT2D eigenvalue weighted by molar-refractivity contribution is -0.139. The molecule has 1 unspecified atom stereocenters. The first kappa shape index (κ1) is 15.2. The second-order valence-corrected chi connectivity index (χ2v) is 5.21. The molecule has 0 aliphatic rings. The van der Waals surface area contributed by atoms with Crippen LogP contribution in [-0.4, -0.2) is 28.0 Å². The van der Waals surface area contributed by atoms with Gasteiger partial charge in [0.15, 0.2) is 0 Å². The van der Waals surface area contributed by atoms with Crippen molar-refractivity contribution in [3.63, 3.8) is 0 Å². The van der Waals surface area contributed by atoms with Crippen molar-refractivity contribution in [2.24, 2.45) is 0 Å². The SMILES string of the molecule is O=C(NC(Cc1ccccc1)C(=O)O)c1cccc(Br)n1. The van der Waals surface area contributed by atoms with Gasteiger partial charge >= 0.3 is 5.97 Å². The average molecular weight is 349 g/mol. The molecule has 0 aliphatic heterocycles. The van der Waals surface area contributed by atoms with Gasteiger partial charge in [-0.15, -0.1) is 0 Å². The first-order valence-electron chi connectivity index (χ1n) is 6.26. The van der Waals surface area contributed by atoms with Crippen molar-refractivity contribution < 1.29 is 14.7 Å². The number of aliphatic carboxylic acids is 1. The Balaban J connectivity index is 2.10. The van der Waals surface area contributed by atoms with E-state index in [-0.39, 0.29) is 12.1 Å². The molecule has 0 spiro atoms. The summed E-state index contributed by atoms with van der Waals surface area (Å²) in [5, 5.41) is 11.7. The molecule has 1 amide bonds. The van der Waals surface area contributed by atoms with Crippen molar-refractivity contribution in [1.82, 2.24) is 10.3 Å². The Hall–Kier alpha value is -2.21. The topological polar surface area (TPSA) is 79.3 Å². The summed E-state index contributed by atoms with van der Waals surface area (Å²) in [5.41, 5.74) is 1.01. The summed E-state index contributed by atoms with van der Waals surface area (Å²) in [6.07, 6.45) is 0.218. The number of amides is 1. The summed E-state index contributed by atoms with van der Waals surface area (Å²) in [6.45, 7) is 0. The molecular weight excluding hydrogens is 336 g/mol. The number of pyridine rings is 1. The van der Waals surface area contributed by atoms with Crippen LogP contribution < -0.4 is 5.32 Å². The van der Waals surface area contributed by atoms with Crippen LogP contribution in [0.1, 0.15) is 16.1 Å². The second kappa shape index (κ2) is 6.99. The number of benzene rings is 1. The Morgan fingerprint density at radius 3 is 2.48 bits per heavy atom. The Morgan fingerprint density at radius 2 is 1.86 bits per heavy atom. The molecule has 0 aliphatic carbocycles. The highest BCUT2D eigenvalue weighted by molar-refractivity contribution is 9.10. The van der Waals surface area contributed by atoms with Gasteiger partial charge in [-0.05, 0) is 33.6 Å². The third-order valence-electron chi connectivity index (χ3n) is 2.83. The van der Waals surface area contributed by atoms with Crippen molar-refractivity contribution >= 4 is 27.8 Å². The monoisotopic (exact) mass is 348 g/mol. The number of nitrogens with zero attached hydrogens (tertiary/aromatic N) is 1. The molecule has 0 fully saturated rings. The molecule has 108 valence electrons. The third-order valence-corrected chi connectivity index (χ3v) is 3.28. The molecule has 0 bridgehead atoms. The lowest BCUT2D eigenvalue weighted by atomic mass is 10.1. The maximum atomic E-state index is 12.0. The molecule has 0 radical (unpaired) electrons. The van der Waals surface area contributed by atoms with Crippen LogP contribution in [0.2, 0.25) is 0 Å². The number of hydrogen-bond acceptors (Lipinski definition) is 3. The number of carboxylic acids is 1. The van der Waals surface area contributed by atoms with E-state index >= 15 is 0 Å². The van der Waals surface area contributed by atoms with E-state index < -0.39 is 17.9 Å². The molecule has 1 aromatic heterocycles. The molecule has 2 rings (SSSR count). The summed E-state index contributed by atoms with van der Waals surface area (Å²) >= 11 is 3.17. The maximum Gasteiger partial charge on any atom is 0.326 e. The highest BCUT2D eigenvalue weighted by Gasteiger charge is 2.21. The summed E-state index contributed by atoms with van der Waals surface area (Å²) in [7, 11) is 0. The Kier molecular flexibility index (Phi) is 5.05. The van der Waals surface area contributed by atoms with E-state index in [1.807, 2.05) is 30.3 Å². The lowest BCUT2D eigenvalue weighted by Gasteiger charge is -2.14. The summed E-state index contributed by atoms with van der Waals surface area (Å²) in [5.74, 6) is -1.60. The maximum absolute atomic E-state index is 12.0. The molecule has 1 heterocycles. The number of carbonyl (C=O) groups is 2. The fourth-order valence-electron chi connectivity index (χ4n) is 1.82. The van der Waals surface area contributed by atoms with Gasteiger partial charge < -0.3 is 10.4 Å². The molecular formula is C15H13BrN2O3. The van der Waals surface area contributed by atoms with Crippen molar-refractivity contribution in [2.75, 3.05) is 0 Å². The molecule has 5 nitrogen and oxygen atoms in total. The molecule has 21 heavy (non-hydrogen) atoms.